The number of aryl methyl sites for hydroxylation is 1. The fourth-order valence-electron chi connectivity index (χ4n) is 2.86. The molecule has 1 aliphatic rings. The van der Waals surface area contributed by atoms with Crippen molar-refractivity contribution in [3.8, 4) is 0 Å². The van der Waals surface area contributed by atoms with Crippen molar-refractivity contribution in [3.05, 3.63) is 11.4 Å². The average Bonchev–Trinajstić information content (AvgIpc) is 2.51. The van der Waals surface area contributed by atoms with E-state index in [1.807, 2.05) is 0 Å². The lowest BCUT2D eigenvalue weighted by Gasteiger charge is -2.33. The van der Waals surface area contributed by atoms with Gasteiger partial charge in [0, 0.05) is 31.1 Å². The molecule has 1 aromatic heterocycles. The van der Waals surface area contributed by atoms with Crippen LogP contribution in [0.2, 0.25) is 0 Å². The quantitative estimate of drug-likeness (QED) is 0.844. The Morgan fingerprint density at radius 1 is 1.19 bits per heavy atom. The third kappa shape index (κ3) is 4.06. The molecule has 0 spiro atoms. The van der Waals surface area contributed by atoms with E-state index in [1.165, 1.54) is 19.4 Å². The third-order valence-corrected chi connectivity index (χ3v) is 4.15. The molecule has 1 saturated heterocycles. The highest BCUT2D eigenvalue weighted by Gasteiger charge is 2.20. The molecule has 2 rings (SSSR count). The van der Waals surface area contributed by atoms with E-state index in [0.29, 0.717) is 6.04 Å². The van der Waals surface area contributed by atoms with E-state index in [4.69, 9.17) is 4.98 Å². The van der Waals surface area contributed by atoms with Crippen molar-refractivity contribution in [1.29, 1.82) is 0 Å². The zero-order chi connectivity index (χ0) is 15.2. The van der Waals surface area contributed by atoms with E-state index in [2.05, 4.69) is 48.2 Å². The van der Waals surface area contributed by atoms with Crippen LogP contribution >= 0.6 is 0 Å². The molecule has 1 aliphatic heterocycles. The van der Waals surface area contributed by atoms with Crippen LogP contribution in [0.3, 0.4) is 0 Å². The first-order chi connectivity index (χ1) is 10.2. The summed E-state index contributed by atoms with van der Waals surface area (Å²) in [5, 5.41) is 7.00. The molecule has 21 heavy (non-hydrogen) atoms. The van der Waals surface area contributed by atoms with Gasteiger partial charge in [-0.05, 0) is 39.8 Å². The van der Waals surface area contributed by atoms with Crippen molar-refractivity contribution in [1.82, 2.24) is 14.9 Å². The van der Waals surface area contributed by atoms with Crippen molar-refractivity contribution in [3.63, 3.8) is 0 Å². The van der Waals surface area contributed by atoms with Crippen LogP contribution in [-0.4, -0.2) is 47.1 Å². The number of likely N-dealkylation sites (N-methyl/N-ethyl adjacent to an activating group) is 1. The summed E-state index contributed by atoms with van der Waals surface area (Å²) in [6.45, 7) is 12.9. The standard InChI is InChI=1S/C16H29N5/c1-5-14-19-15(17-6-2)12(4)16(20-14)18-13-9-8-10-21(7-3)11-13/h13H,5-11H2,1-4H3,(H2,17,18,19,20). The van der Waals surface area contributed by atoms with E-state index in [9.17, 15) is 0 Å². The van der Waals surface area contributed by atoms with Crippen LogP contribution in [0.25, 0.3) is 0 Å². The highest BCUT2D eigenvalue weighted by atomic mass is 15.2. The Kier molecular flexibility index (Phi) is 5.79. The average molecular weight is 291 g/mol. The van der Waals surface area contributed by atoms with Gasteiger partial charge in [0.15, 0.2) is 0 Å². The van der Waals surface area contributed by atoms with Crippen molar-refractivity contribution in [2.24, 2.45) is 0 Å². The van der Waals surface area contributed by atoms with Gasteiger partial charge in [-0.3, -0.25) is 0 Å². The Bertz CT molecular complexity index is 460. The van der Waals surface area contributed by atoms with Crippen molar-refractivity contribution < 1.29 is 0 Å². The predicted octanol–water partition coefficient (Wildman–Crippen LogP) is 2.68. The minimum absolute atomic E-state index is 0.492. The van der Waals surface area contributed by atoms with Crippen molar-refractivity contribution in [2.75, 3.05) is 36.8 Å². The van der Waals surface area contributed by atoms with Gasteiger partial charge >= 0.3 is 0 Å². The topological polar surface area (TPSA) is 53.1 Å². The molecule has 118 valence electrons. The Morgan fingerprint density at radius 3 is 2.62 bits per heavy atom. The lowest BCUT2D eigenvalue weighted by molar-refractivity contribution is 0.226. The molecule has 5 heteroatoms. The van der Waals surface area contributed by atoms with E-state index in [0.717, 1.165) is 49.1 Å². The summed E-state index contributed by atoms with van der Waals surface area (Å²) in [6.07, 6.45) is 3.34. The molecule has 0 amide bonds. The van der Waals surface area contributed by atoms with Crippen molar-refractivity contribution in [2.45, 2.75) is 53.0 Å². The number of hydrogen-bond acceptors (Lipinski definition) is 5. The van der Waals surface area contributed by atoms with Crippen LogP contribution in [0.4, 0.5) is 11.6 Å². The summed E-state index contributed by atoms with van der Waals surface area (Å²) >= 11 is 0. The van der Waals surface area contributed by atoms with Gasteiger partial charge in [-0.2, -0.15) is 0 Å². The summed E-state index contributed by atoms with van der Waals surface area (Å²) in [4.78, 5) is 11.8. The predicted molar refractivity (Wildman–Crippen MR) is 89.1 cm³/mol. The number of aromatic nitrogens is 2. The molecule has 0 radical (unpaired) electrons. The van der Waals surface area contributed by atoms with Crippen LogP contribution in [0.1, 0.15) is 45.0 Å². The Balaban J connectivity index is 2.16. The first-order valence-electron chi connectivity index (χ1n) is 8.28. The third-order valence-electron chi connectivity index (χ3n) is 4.15. The molecular weight excluding hydrogens is 262 g/mol. The summed E-state index contributed by atoms with van der Waals surface area (Å²) < 4.78 is 0. The van der Waals surface area contributed by atoms with Gasteiger partial charge in [0.2, 0.25) is 0 Å². The Morgan fingerprint density at radius 2 is 1.95 bits per heavy atom. The van der Waals surface area contributed by atoms with Crippen LogP contribution < -0.4 is 10.6 Å². The summed E-state index contributed by atoms with van der Waals surface area (Å²) in [6, 6.07) is 0.492. The molecule has 1 aromatic rings. The molecule has 1 unspecified atom stereocenters. The lowest BCUT2D eigenvalue weighted by atomic mass is 10.1. The van der Waals surface area contributed by atoms with E-state index >= 15 is 0 Å². The molecule has 0 aromatic carbocycles. The normalized spacial score (nSPS) is 19.5. The van der Waals surface area contributed by atoms with Gasteiger partial charge in [0.25, 0.3) is 0 Å². The zero-order valence-electron chi connectivity index (χ0n) is 13.9. The van der Waals surface area contributed by atoms with Crippen LogP contribution in [0.15, 0.2) is 0 Å². The van der Waals surface area contributed by atoms with Crippen LogP contribution in [0, 0.1) is 6.92 Å². The molecule has 0 saturated carbocycles. The highest BCUT2D eigenvalue weighted by molar-refractivity contribution is 5.57. The molecule has 0 aliphatic carbocycles. The number of nitrogens with zero attached hydrogens (tertiary/aromatic N) is 3. The number of likely N-dealkylation sites (tertiary alicyclic amines) is 1. The maximum absolute atomic E-state index is 4.70. The van der Waals surface area contributed by atoms with Gasteiger partial charge in [0.05, 0.1) is 0 Å². The van der Waals surface area contributed by atoms with Gasteiger partial charge in [-0.1, -0.05) is 13.8 Å². The number of nitrogens with one attached hydrogen (secondary N) is 2. The molecule has 2 N–H and O–H groups in total. The van der Waals surface area contributed by atoms with E-state index in [1.54, 1.807) is 0 Å². The maximum atomic E-state index is 4.70. The van der Waals surface area contributed by atoms with Gasteiger partial charge < -0.3 is 15.5 Å². The number of rotatable bonds is 6. The van der Waals surface area contributed by atoms with E-state index < -0.39 is 0 Å². The minimum Gasteiger partial charge on any atom is -0.370 e. The lowest BCUT2D eigenvalue weighted by Crippen LogP contribution is -2.42. The second kappa shape index (κ2) is 7.59. The SMILES string of the molecule is CCNc1nc(CC)nc(NC2CCCN(CC)C2)c1C. The smallest absolute Gasteiger partial charge is 0.135 e. The van der Waals surface area contributed by atoms with E-state index in [-0.39, 0.29) is 0 Å². The van der Waals surface area contributed by atoms with Gasteiger partial charge in [-0.15, -0.1) is 0 Å². The van der Waals surface area contributed by atoms with Crippen LogP contribution in [-0.2, 0) is 6.42 Å². The molecule has 1 atom stereocenters. The molecular formula is C16H29N5. The number of hydrogen-bond donors (Lipinski definition) is 2. The Hall–Kier alpha value is -1.36. The fraction of sp³-hybridized carbons (Fsp3) is 0.750. The van der Waals surface area contributed by atoms with Gasteiger partial charge in [-0.25, -0.2) is 9.97 Å². The summed E-state index contributed by atoms with van der Waals surface area (Å²) in [5.74, 6) is 2.87. The van der Waals surface area contributed by atoms with Crippen LogP contribution in [0.5, 0.6) is 0 Å². The number of piperidine rings is 1. The second-order valence-electron chi connectivity index (χ2n) is 5.72. The molecule has 1 fully saturated rings. The van der Waals surface area contributed by atoms with Gasteiger partial charge in [0.1, 0.15) is 17.5 Å². The van der Waals surface area contributed by atoms with Crippen molar-refractivity contribution >= 4 is 11.6 Å². The molecule has 2 heterocycles. The monoisotopic (exact) mass is 291 g/mol. The maximum Gasteiger partial charge on any atom is 0.135 e. The summed E-state index contributed by atoms with van der Waals surface area (Å²) in [5.41, 5.74) is 1.13. The first kappa shape index (κ1) is 16.0. The molecule has 5 nitrogen and oxygen atoms in total. The highest BCUT2D eigenvalue weighted by Crippen LogP contribution is 2.23. The zero-order valence-corrected chi connectivity index (χ0v) is 13.9. The summed E-state index contributed by atoms with van der Waals surface area (Å²) in [7, 11) is 0. The first-order valence-corrected chi connectivity index (χ1v) is 8.28. The second-order valence-corrected chi connectivity index (χ2v) is 5.72. The Labute approximate surface area is 128 Å². The molecule has 0 bridgehead atoms. The largest absolute Gasteiger partial charge is 0.370 e. The minimum atomic E-state index is 0.492. The fourth-order valence-corrected chi connectivity index (χ4v) is 2.86. The number of anilines is 2.